The van der Waals surface area contributed by atoms with Gasteiger partial charge in [-0.15, -0.1) is 0 Å². The summed E-state index contributed by atoms with van der Waals surface area (Å²) in [5.74, 6) is 0.465. The Bertz CT molecular complexity index is 619. The van der Waals surface area contributed by atoms with Gasteiger partial charge in [0.2, 0.25) is 0 Å². The molecule has 7 N–H and O–H groups in total. The molecule has 0 saturated carbocycles. The van der Waals surface area contributed by atoms with Crippen molar-refractivity contribution in [2.24, 2.45) is 16.5 Å². The average Bonchev–Trinajstić information content (AvgIpc) is 2.40. The van der Waals surface area contributed by atoms with Crippen molar-refractivity contribution >= 4 is 23.3 Å². The highest BCUT2D eigenvalue weighted by Crippen LogP contribution is 2.21. The lowest BCUT2D eigenvalue weighted by Gasteiger charge is -2.07. The molecule has 2 rings (SSSR count). The van der Waals surface area contributed by atoms with E-state index in [0.29, 0.717) is 18.1 Å². The third-order valence-corrected chi connectivity index (χ3v) is 2.54. The Morgan fingerprint density at radius 2 is 1.85 bits per heavy atom. The molecule has 0 bridgehead atoms. The number of halogens is 1. The van der Waals surface area contributed by atoms with E-state index in [1.165, 1.54) is 12.1 Å². The minimum absolute atomic E-state index is 0.0782. The number of aliphatic imine (C=N–C) groups is 1. The van der Waals surface area contributed by atoms with E-state index in [1.807, 2.05) is 0 Å². The highest BCUT2D eigenvalue weighted by Gasteiger charge is 2.02. The number of aromatic nitrogens is 1. The maximum absolute atomic E-state index is 12.8. The van der Waals surface area contributed by atoms with Crippen LogP contribution in [-0.4, -0.2) is 10.9 Å². The van der Waals surface area contributed by atoms with Gasteiger partial charge in [0.1, 0.15) is 17.3 Å². The van der Waals surface area contributed by atoms with Gasteiger partial charge in [-0.1, -0.05) is 12.1 Å². The van der Waals surface area contributed by atoms with Crippen molar-refractivity contribution in [3.63, 3.8) is 0 Å². The number of anilines is 2. The molecule has 0 fully saturated rings. The van der Waals surface area contributed by atoms with Gasteiger partial charge in [0.05, 0.1) is 0 Å². The normalized spacial score (nSPS) is 10.1. The van der Waals surface area contributed by atoms with E-state index >= 15 is 0 Å². The van der Waals surface area contributed by atoms with Gasteiger partial charge in [-0.3, -0.25) is 0 Å². The van der Waals surface area contributed by atoms with E-state index in [1.54, 1.807) is 24.3 Å². The summed E-state index contributed by atoms with van der Waals surface area (Å²) in [6, 6.07) is 9.57. The van der Waals surface area contributed by atoms with Crippen LogP contribution in [0.2, 0.25) is 0 Å². The molecule has 104 valence electrons. The van der Waals surface area contributed by atoms with Gasteiger partial charge in [0, 0.05) is 6.54 Å². The first-order valence-electron chi connectivity index (χ1n) is 5.89. The summed E-state index contributed by atoms with van der Waals surface area (Å²) in [6.45, 7) is 0.508. The Hall–Kier alpha value is -2.83. The molecule has 20 heavy (non-hydrogen) atoms. The first-order valence-corrected chi connectivity index (χ1v) is 5.89. The molecule has 0 spiro atoms. The van der Waals surface area contributed by atoms with Gasteiger partial charge >= 0.3 is 0 Å². The Balaban J connectivity index is 2.05. The topological polar surface area (TPSA) is 115 Å². The Morgan fingerprint density at radius 3 is 2.45 bits per heavy atom. The second kappa shape index (κ2) is 5.87. The zero-order chi connectivity index (χ0) is 14.5. The number of nitrogens with zero attached hydrogens (tertiary/aromatic N) is 2. The number of pyridine rings is 1. The number of hydrogen-bond donors (Lipinski definition) is 4. The first kappa shape index (κ1) is 13.6. The highest BCUT2D eigenvalue weighted by molar-refractivity contribution is 5.81. The number of nitrogens with one attached hydrogen (secondary N) is 1. The maximum atomic E-state index is 12.8. The number of benzene rings is 1. The van der Waals surface area contributed by atoms with Crippen LogP contribution >= 0.6 is 0 Å². The molecule has 1 aromatic heterocycles. The van der Waals surface area contributed by atoms with Crippen LogP contribution in [0, 0.1) is 5.82 Å². The number of guanidine groups is 1. The molecule has 6 nitrogen and oxygen atoms in total. The minimum Gasteiger partial charge on any atom is -0.382 e. The Morgan fingerprint density at radius 1 is 1.15 bits per heavy atom. The highest BCUT2D eigenvalue weighted by atomic mass is 19.1. The Kier molecular flexibility index (Phi) is 3.99. The summed E-state index contributed by atoms with van der Waals surface area (Å²) in [6.07, 6.45) is 0. The summed E-state index contributed by atoms with van der Waals surface area (Å²) < 4.78 is 12.8. The lowest BCUT2D eigenvalue weighted by atomic mass is 10.2. The molecular formula is C13H15FN6. The van der Waals surface area contributed by atoms with Crippen molar-refractivity contribution in [3.8, 4) is 0 Å². The van der Waals surface area contributed by atoms with E-state index in [2.05, 4.69) is 15.3 Å². The molecule has 0 atom stereocenters. The fourth-order valence-corrected chi connectivity index (χ4v) is 1.59. The summed E-state index contributed by atoms with van der Waals surface area (Å²) >= 11 is 0. The number of nitrogens with two attached hydrogens (primary N) is 3. The molecule has 0 unspecified atom stereocenters. The van der Waals surface area contributed by atoms with Crippen LogP contribution in [0.5, 0.6) is 0 Å². The van der Waals surface area contributed by atoms with Crippen LogP contribution < -0.4 is 22.5 Å². The Labute approximate surface area is 115 Å². The average molecular weight is 274 g/mol. The van der Waals surface area contributed by atoms with Crippen LogP contribution in [0.25, 0.3) is 0 Å². The number of nitrogen functional groups attached to an aromatic ring is 1. The second-order valence-corrected chi connectivity index (χ2v) is 4.12. The third-order valence-electron chi connectivity index (χ3n) is 2.54. The van der Waals surface area contributed by atoms with Gasteiger partial charge < -0.3 is 22.5 Å². The molecule has 1 heterocycles. The zero-order valence-electron chi connectivity index (χ0n) is 10.7. The zero-order valence-corrected chi connectivity index (χ0v) is 10.7. The molecule has 0 aliphatic rings. The van der Waals surface area contributed by atoms with Crippen molar-refractivity contribution in [1.82, 2.24) is 4.98 Å². The largest absolute Gasteiger partial charge is 0.382 e. The quantitative estimate of drug-likeness (QED) is 0.495. The van der Waals surface area contributed by atoms with Crippen molar-refractivity contribution in [2.75, 3.05) is 11.1 Å². The van der Waals surface area contributed by atoms with E-state index in [0.717, 1.165) is 5.56 Å². The van der Waals surface area contributed by atoms with Crippen LogP contribution in [0.15, 0.2) is 41.4 Å². The van der Waals surface area contributed by atoms with E-state index in [4.69, 9.17) is 17.2 Å². The lowest BCUT2D eigenvalue weighted by Crippen LogP contribution is -2.22. The standard InChI is InChI=1S/C13H15FN6/c14-9-3-1-8(2-4-9)7-18-11-6-5-10(12(15)20-11)19-13(16)17/h1-6H,7H2,(H3,15,18,20)(H4,16,17,19). The van der Waals surface area contributed by atoms with Crippen LogP contribution in [-0.2, 0) is 6.54 Å². The van der Waals surface area contributed by atoms with Gasteiger partial charge in [0.15, 0.2) is 11.8 Å². The predicted octanol–water partition coefficient (Wildman–Crippen LogP) is 1.32. The maximum Gasteiger partial charge on any atom is 0.191 e. The molecule has 2 aromatic rings. The summed E-state index contributed by atoms with van der Waals surface area (Å²) in [5.41, 5.74) is 17.6. The van der Waals surface area contributed by atoms with Gasteiger partial charge in [-0.25, -0.2) is 14.4 Å². The van der Waals surface area contributed by atoms with Crippen molar-refractivity contribution in [1.29, 1.82) is 0 Å². The predicted molar refractivity (Wildman–Crippen MR) is 77.8 cm³/mol. The van der Waals surface area contributed by atoms with Crippen molar-refractivity contribution in [3.05, 3.63) is 47.8 Å². The van der Waals surface area contributed by atoms with Gasteiger partial charge in [0.25, 0.3) is 0 Å². The molecule has 0 saturated heterocycles. The lowest BCUT2D eigenvalue weighted by molar-refractivity contribution is 0.627. The molecule has 7 heteroatoms. The SMILES string of the molecule is NC(N)=Nc1ccc(NCc2ccc(F)cc2)nc1N. The monoisotopic (exact) mass is 274 g/mol. The molecule has 1 aromatic carbocycles. The molecule has 0 aliphatic heterocycles. The summed E-state index contributed by atoms with van der Waals surface area (Å²) in [4.78, 5) is 7.98. The third kappa shape index (κ3) is 3.58. The fourth-order valence-electron chi connectivity index (χ4n) is 1.59. The molecule has 0 aliphatic carbocycles. The van der Waals surface area contributed by atoms with Crippen LogP contribution in [0.3, 0.4) is 0 Å². The number of hydrogen-bond acceptors (Lipinski definition) is 4. The summed E-state index contributed by atoms with van der Waals surface area (Å²) in [5, 5.41) is 3.08. The smallest absolute Gasteiger partial charge is 0.191 e. The van der Waals surface area contributed by atoms with E-state index < -0.39 is 0 Å². The van der Waals surface area contributed by atoms with Crippen LogP contribution in [0.1, 0.15) is 5.56 Å². The van der Waals surface area contributed by atoms with Gasteiger partial charge in [-0.2, -0.15) is 0 Å². The minimum atomic E-state index is -0.266. The van der Waals surface area contributed by atoms with E-state index in [-0.39, 0.29) is 17.6 Å². The first-order chi connectivity index (χ1) is 9.54. The second-order valence-electron chi connectivity index (χ2n) is 4.12. The van der Waals surface area contributed by atoms with Crippen molar-refractivity contribution < 1.29 is 4.39 Å². The number of rotatable bonds is 4. The summed E-state index contributed by atoms with van der Waals surface area (Å²) in [7, 11) is 0. The van der Waals surface area contributed by atoms with Crippen LogP contribution in [0.4, 0.5) is 21.7 Å². The van der Waals surface area contributed by atoms with Gasteiger partial charge in [-0.05, 0) is 29.8 Å². The fraction of sp³-hybridized carbons (Fsp3) is 0.0769. The van der Waals surface area contributed by atoms with E-state index in [9.17, 15) is 4.39 Å². The molecule has 0 amide bonds. The molecular weight excluding hydrogens is 259 g/mol. The van der Waals surface area contributed by atoms with Crippen molar-refractivity contribution in [2.45, 2.75) is 6.54 Å². The molecule has 0 radical (unpaired) electrons.